The van der Waals surface area contributed by atoms with E-state index in [2.05, 4.69) is 5.32 Å². The summed E-state index contributed by atoms with van der Waals surface area (Å²) in [6.45, 7) is -1.50. The minimum atomic E-state index is -4.56. The zero-order valence-electron chi connectivity index (χ0n) is 13.0. The highest BCUT2D eigenvalue weighted by molar-refractivity contribution is 6.09. The number of nitro benzene ring substituents is 1. The molecule has 0 unspecified atom stereocenters. The lowest BCUT2D eigenvalue weighted by atomic mass is 10.1. The molecule has 2 rings (SSSR count). The summed E-state index contributed by atoms with van der Waals surface area (Å²) in [5.41, 5.74) is -0.253. The van der Waals surface area contributed by atoms with E-state index in [1.807, 2.05) is 0 Å². The number of amides is 2. The maximum Gasteiger partial charge on any atom is 0.405 e. The first-order valence-electron chi connectivity index (χ1n) is 7.17. The number of para-hydroxylation sites is 1. The standard InChI is InChI=1S/C16H12F3N3O4/c17-16(18,19)9-20-15(24)12-3-1-2-4-13(12)21-14(23)10-5-7-11(8-6-10)22(25)26/h1-8H,9H2,(H,20,24)(H,21,23). The number of carbonyl (C=O) groups excluding carboxylic acids is 2. The molecule has 2 aromatic rings. The van der Waals surface area contributed by atoms with E-state index in [-0.39, 0.29) is 22.5 Å². The van der Waals surface area contributed by atoms with Crippen molar-refractivity contribution < 1.29 is 27.7 Å². The Morgan fingerprint density at radius 2 is 1.62 bits per heavy atom. The van der Waals surface area contributed by atoms with Crippen LogP contribution >= 0.6 is 0 Å². The highest BCUT2D eigenvalue weighted by atomic mass is 19.4. The fourth-order valence-electron chi connectivity index (χ4n) is 1.99. The molecule has 136 valence electrons. The van der Waals surface area contributed by atoms with Crippen LogP contribution in [0.25, 0.3) is 0 Å². The van der Waals surface area contributed by atoms with E-state index in [0.29, 0.717) is 0 Å². The number of hydrogen-bond acceptors (Lipinski definition) is 4. The molecule has 10 heteroatoms. The van der Waals surface area contributed by atoms with Gasteiger partial charge in [0, 0.05) is 17.7 Å². The largest absolute Gasteiger partial charge is 0.405 e. The number of carbonyl (C=O) groups is 2. The van der Waals surface area contributed by atoms with E-state index in [0.717, 1.165) is 12.1 Å². The Hall–Kier alpha value is -3.43. The molecule has 0 heterocycles. The van der Waals surface area contributed by atoms with Crippen molar-refractivity contribution in [2.24, 2.45) is 0 Å². The molecule has 2 N–H and O–H groups in total. The van der Waals surface area contributed by atoms with Gasteiger partial charge in [-0.2, -0.15) is 13.2 Å². The lowest BCUT2D eigenvalue weighted by Crippen LogP contribution is -2.34. The second kappa shape index (κ2) is 7.64. The van der Waals surface area contributed by atoms with Gasteiger partial charge in [0.2, 0.25) is 0 Å². The molecule has 2 aromatic carbocycles. The van der Waals surface area contributed by atoms with Crippen molar-refractivity contribution in [3.05, 3.63) is 69.8 Å². The molecule has 0 saturated heterocycles. The number of benzene rings is 2. The Morgan fingerprint density at radius 3 is 2.19 bits per heavy atom. The van der Waals surface area contributed by atoms with E-state index in [9.17, 15) is 32.9 Å². The number of non-ortho nitro benzene ring substituents is 1. The van der Waals surface area contributed by atoms with E-state index in [4.69, 9.17) is 0 Å². The summed E-state index contributed by atoms with van der Waals surface area (Å²) >= 11 is 0. The Morgan fingerprint density at radius 1 is 1.00 bits per heavy atom. The van der Waals surface area contributed by atoms with Crippen molar-refractivity contribution in [1.29, 1.82) is 0 Å². The monoisotopic (exact) mass is 367 g/mol. The molecule has 0 radical (unpaired) electrons. The van der Waals surface area contributed by atoms with Crippen molar-refractivity contribution in [3.8, 4) is 0 Å². The number of nitro groups is 1. The van der Waals surface area contributed by atoms with Crippen LogP contribution < -0.4 is 10.6 Å². The fraction of sp³-hybridized carbons (Fsp3) is 0.125. The molecular formula is C16H12F3N3O4. The third-order valence-corrected chi connectivity index (χ3v) is 3.21. The van der Waals surface area contributed by atoms with Gasteiger partial charge in [0.1, 0.15) is 6.54 Å². The van der Waals surface area contributed by atoms with E-state index in [1.165, 1.54) is 36.4 Å². The first-order chi connectivity index (χ1) is 12.2. The summed E-state index contributed by atoms with van der Waals surface area (Å²) in [6.07, 6.45) is -4.56. The van der Waals surface area contributed by atoms with E-state index < -0.39 is 29.5 Å². The van der Waals surface area contributed by atoms with Gasteiger partial charge in [0.15, 0.2) is 0 Å². The average Bonchev–Trinajstić information content (AvgIpc) is 2.59. The summed E-state index contributed by atoms with van der Waals surface area (Å²) in [4.78, 5) is 34.1. The van der Waals surface area contributed by atoms with Gasteiger partial charge in [0.25, 0.3) is 17.5 Å². The molecule has 0 saturated carbocycles. The summed E-state index contributed by atoms with van der Waals surface area (Å²) < 4.78 is 36.7. The van der Waals surface area contributed by atoms with E-state index >= 15 is 0 Å². The first-order valence-corrected chi connectivity index (χ1v) is 7.17. The smallest absolute Gasteiger partial charge is 0.343 e. The minimum absolute atomic E-state index is 0.00975. The van der Waals surface area contributed by atoms with Crippen molar-refractivity contribution in [3.63, 3.8) is 0 Å². The molecule has 26 heavy (non-hydrogen) atoms. The molecule has 7 nitrogen and oxygen atoms in total. The molecule has 2 amide bonds. The van der Waals surface area contributed by atoms with Crippen molar-refractivity contribution in [2.45, 2.75) is 6.18 Å². The zero-order valence-corrected chi connectivity index (χ0v) is 13.0. The van der Waals surface area contributed by atoms with Crippen LogP contribution in [-0.2, 0) is 0 Å². The lowest BCUT2D eigenvalue weighted by molar-refractivity contribution is -0.384. The summed E-state index contributed by atoms with van der Waals surface area (Å²) in [5, 5.41) is 14.7. The topological polar surface area (TPSA) is 101 Å². The van der Waals surface area contributed by atoms with Crippen LogP contribution in [0.15, 0.2) is 48.5 Å². The predicted octanol–water partition coefficient (Wildman–Crippen LogP) is 3.14. The second-order valence-corrected chi connectivity index (χ2v) is 5.10. The third kappa shape index (κ3) is 5.03. The van der Waals surface area contributed by atoms with Gasteiger partial charge in [-0.1, -0.05) is 12.1 Å². The summed E-state index contributed by atoms with van der Waals surface area (Å²) in [6, 6.07) is 10.3. The van der Waals surface area contributed by atoms with Gasteiger partial charge in [0.05, 0.1) is 16.2 Å². The number of nitrogens with one attached hydrogen (secondary N) is 2. The van der Waals surface area contributed by atoms with Gasteiger partial charge in [-0.25, -0.2) is 0 Å². The van der Waals surface area contributed by atoms with Crippen molar-refractivity contribution in [1.82, 2.24) is 5.32 Å². The molecule has 0 aliphatic heterocycles. The van der Waals surface area contributed by atoms with Gasteiger partial charge >= 0.3 is 6.18 Å². The summed E-state index contributed by atoms with van der Waals surface area (Å²) in [7, 11) is 0. The molecule has 0 atom stereocenters. The number of nitrogens with zero attached hydrogens (tertiary/aromatic N) is 1. The Balaban J connectivity index is 2.15. The number of halogens is 3. The highest BCUT2D eigenvalue weighted by Crippen LogP contribution is 2.19. The maximum absolute atomic E-state index is 12.2. The summed E-state index contributed by atoms with van der Waals surface area (Å²) in [5.74, 6) is -1.67. The van der Waals surface area contributed by atoms with Crippen LogP contribution in [0.1, 0.15) is 20.7 Å². The van der Waals surface area contributed by atoms with Crippen LogP contribution in [0.3, 0.4) is 0 Å². The quantitative estimate of drug-likeness (QED) is 0.626. The Kier molecular flexibility index (Phi) is 5.55. The Labute approximate surface area is 145 Å². The third-order valence-electron chi connectivity index (χ3n) is 3.21. The molecule has 0 spiro atoms. The predicted molar refractivity (Wildman–Crippen MR) is 85.9 cm³/mol. The van der Waals surface area contributed by atoms with Gasteiger partial charge in [-0.15, -0.1) is 0 Å². The fourth-order valence-corrected chi connectivity index (χ4v) is 1.99. The normalized spacial score (nSPS) is 10.9. The average molecular weight is 367 g/mol. The van der Waals surface area contributed by atoms with Gasteiger partial charge in [-0.3, -0.25) is 19.7 Å². The van der Waals surface area contributed by atoms with Crippen LogP contribution in [-0.4, -0.2) is 29.5 Å². The minimum Gasteiger partial charge on any atom is -0.343 e. The Bertz CT molecular complexity index is 835. The molecule has 0 aromatic heterocycles. The molecule has 0 bridgehead atoms. The zero-order chi connectivity index (χ0) is 19.3. The van der Waals surface area contributed by atoms with Crippen LogP contribution in [0.2, 0.25) is 0 Å². The number of rotatable bonds is 5. The first kappa shape index (κ1) is 18.9. The SMILES string of the molecule is O=C(Nc1ccccc1C(=O)NCC(F)(F)F)c1ccc([N+](=O)[O-])cc1. The van der Waals surface area contributed by atoms with Crippen LogP contribution in [0.5, 0.6) is 0 Å². The molecule has 0 aliphatic carbocycles. The molecule has 0 fully saturated rings. The van der Waals surface area contributed by atoms with Crippen LogP contribution in [0.4, 0.5) is 24.5 Å². The van der Waals surface area contributed by atoms with Crippen LogP contribution in [0, 0.1) is 10.1 Å². The van der Waals surface area contributed by atoms with Gasteiger partial charge < -0.3 is 10.6 Å². The van der Waals surface area contributed by atoms with Gasteiger partial charge in [-0.05, 0) is 24.3 Å². The second-order valence-electron chi connectivity index (χ2n) is 5.10. The maximum atomic E-state index is 12.2. The van der Waals surface area contributed by atoms with Crippen molar-refractivity contribution in [2.75, 3.05) is 11.9 Å². The molecule has 0 aliphatic rings. The number of anilines is 1. The van der Waals surface area contributed by atoms with E-state index in [1.54, 1.807) is 5.32 Å². The highest BCUT2D eigenvalue weighted by Gasteiger charge is 2.28. The molecular weight excluding hydrogens is 355 g/mol. The van der Waals surface area contributed by atoms with Crippen molar-refractivity contribution >= 4 is 23.2 Å². The lowest BCUT2D eigenvalue weighted by Gasteiger charge is -2.12. The number of hydrogen-bond donors (Lipinski definition) is 2. The number of alkyl halides is 3.